The van der Waals surface area contributed by atoms with Crippen molar-refractivity contribution in [3.05, 3.63) is 65.5 Å². The highest BCUT2D eigenvalue weighted by atomic mass is 19.1. The van der Waals surface area contributed by atoms with E-state index in [0.29, 0.717) is 18.7 Å². The molecule has 5 nitrogen and oxygen atoms in total. The number of aliphatic hydroxyl groups is 1. The average molecular weight is 346 g/mol. The van der Waals surface area contributed by atoms with Gasteiger partial charge in [-0.05, 0) is 49.2 Å². The minimum Gasteiger partial charge on any atom is -0.494 e. The van der Waals surface area contributed by atoms with Crippen molar-refractivity contribution in [3.8, 4) is 5.75 Å². The van der Waals surface area contributed by atoms with Gasteiger partial charge in [0.15, 0.2) is 0 Å². The van der Waals surface area contributed by atoms with Crippen LogP contribution in [0.15, 0.2) is 48.5 Å². The summed E-state index contributed by atoms with van der Waals surface area (Å²) < 4.78 is 18.4. The van der Waals surface area contributed by atoms with Crippen molar-refractivity contribution in [1.29, 1.82) is 0 Å². The molecule has 1 atom stereocenters. The van der Waals surface area contributed by atoms with E-state index in [1.165, 1.54) is 24.3 Å². The Labute approximate surface area is 146 Å². The molecule has 0 aliphatic rings. The fourth-order valence-electron chi connectivity index (χ4n) is 2.32. The van der Waals surface area contributed by atoms with E-state index in [4.69, 9.17) is 4.74 Å². The van der Waals surface area contributed by atoms with E-state index in [1.54, 1.807) is 6.92 Å². The number of carbonyl (C=O) groups is 1. The van der Waals surface area contributed by atoms with Crippen LogP contribution < -0.4 is 15.4 Å². The highest BCUT2D eigenvalue weighted by Gasteiger charge is 2.23. The number of benzene rings is 2. The molecule has 0 aliphatic carbocycles. The maximum absolute atomic E-state index is 13.0. The number of nitrogens with one attached hydrogen (secondary N) is 2. The molecule has 0 radical (unpaired) electrons. The molecule has 2 aromatic rings. The first-order valence-electron chi connectivity index (χ1n) is 8.12. The molecular formula is C19H23FN2O3. The van der Waals surface area contributed by atoms with Gasteiger partial charge in [0.25, 0.3) is 0 Å². The normalized spacial score (nSPS) is 13.0. The lowest BCUT2D eigenvalue weighted by Crippen LogP contribution is -2.43. The van der Waals surface area contributed by atoms with Gasteiger partial charge < -0.3 is 20.5 Å². The lowest BCUT2D eigenvalue weighted by molar-refractivity contribution is 0.0593. The zero-order valence-electron chi connectivity index (χ0n) is 14.4. The molecule has 0 aromatic heterocycles. The molecule has 0 bridgehead atoms. The minimum absolute atomic E-state index is 0.00342. The molecule has 3 N–H and O–H groups in total. The number of halogens is 1. The van der Waals surface area contributed by atoms with Crippen molar-refractivity contribution in [2.75, 3.05) is 13.2 Å². The van der Waals surface area contributed by atoms with Gasteiger partial charge in [0.05, 0.1) is 13.2 Å². The Hall–Kier alpha value is -2.60. The van der Waals surface area contributed by atoms with Crippen LogP contribution in [0, 0.1) is 5.82 Å². The van der Waals surface area contributed by atoms with Crippen LogP contribution in [-0.2, 0) is 12.1 Å². The summed E-state index contributed by atoms with van der Waals surface area (Å²) in [7, 11) is 0. The second kappa shape index (κ2) is 8.48. The molecule has 0 spiro atoms. The SMILES string of the molecule is CCOc1cccc(CNC(=O)NCC(C)(O)c2ccc(F)cc2)c1. The minimum atomic E-state index is -1.29. The molecule has 0 fully saturated rings. The molecule has 134 valence electrons. The van der Waals surface area contributed by atoms with Crippen LogP contribution in [0.3, 0.4) is 0 Å². The van der Waals surface area contributed by atoms with E-state index in [0.717, 1.165) is 11.3 Å². The van der Waals surface area contributed by atoms with E-state index < -0.39 is 11.6 Å². The summed E-state index contributed by atoms with van der Waals surface area (Å²) in [6.07, 6.45) is 0. The predicted molar refractivity (Wildman–Crippen MR) is 93.8 cm³/mol. The number of hydrogen-bond acceptors (Lipinski definition) is 3. The van der Waals surface area contributed by atoms with Gasteiger partial charge in [0.1, 0.15) is 17.2 Å². The van der Waals surface area contributed by atoms with E-state index in [-0.39, 0.29) is 12.4 Å². The molecule has 1 unspecified atom stereocenters. The van der Waals surface area contributed by atoms with Gasteiger partial charge in [-0.15, -0.1) is 0 Å². The summed E-state index contributed by atoms with van der Waals surface area (Å²) in [5.41, 5.74) is 0.143. The van der Waals surface area contributed by atoms with Crippen LogP contribution >= 0.6 is 0 Å². The summed E-state index contributed by atoms with van der Waals surface area (Å²) in [6.45, 7) is 4.39. The van der Waals surface area contributed by atoms with Crippen LogP contribution in [0.2, 0.25) is 0 Å². The highest BCUT2D eigenvalue weighted by Crippen LogP contribution is 2.19. The number of hydrogen-bond donors (Lipinski definition) is 3. The lowest BCUT2D eigenvalue weighted by atomic mass is 9.96. The molecule has 0 saturated carbocycles. The molecule has 6 heteroatoms. The number of urea groups is 1. The first-order chi connectivity index (χ1) is 11.9. The van der Waals surface area contributed by atoms with Gasteiger partial charge in [0.2, 0.25) is 0 Å². The predicted octanol–water partition coefficient (Wildman–Crippen LogP) is 2.93. The van der Waals surface area contributed by atoms with Crippen LogP contribution in [0.1, 0.15) is 25.0 Å². The smallest absolute Gasteiger partial charge is 0.315 e. The van der Waals surface area contributed by atoms with Crippen molar-refractivity contribution in [1.82, 2.24) is 10.6 Å². The number of ether oxygens (including phenoxy) is 1. The molecule has 0 saturated heterocycles. The Morgan fingerprint density at radius 2 is 1.92 bits per heavy atom. The monoisotopic (exact) mass is 346 g/mol. The largest absolute Gasteiger partial charge is 0.494 e. The van der Waals surface area contributed by atoms with Crippen molar-refractivity contribution < 1.29 is 19.0 Å². The van der Waals surface area contributed by atoms with E-state index in [1.807, 2.05) is 31.2 Å². The maximum Gasteiger partial charge on any atom is 0.315 e. The molecule has 2 rings (SSSR count). The lowest BCUT2D eigenvalue weighted by Gasteiger charge is -2.24. The third-order valence-electron chi connectivity index (χ3n) is 3.72. The van der Waals surface area contributed by atoms with Gasteiger partial charge in [-0.3, -0.25) is 0 Å². The van der Waals surface area contributed by atoms with E-state index >= 15 is 0 Å². The van der Waals surface area contributed by atoms with Crippen molar-refractivity contribution in [2.45, 2.75) is 26.0 Å². The third-order valence-corrected chi connectivity index (χ3v) is 3.72. The Kier molecular flexibility index (Phi) is 6.36. The van der Waals surface area contributed by atoms with Crippen molar-refractivity contribution in [2.24, 2.45) is 0 Å². The van der Waals surface area contributed by atoms with Gasteiger partial charge >= 0.3 is 6.03 Å². The Morgan fingerprint density at radius 3 is 2.60 bits per heavy atom. The highest BCUT2D eigenvalue weighted by molar-refractivity contribution is 5.73. The summed E-state index contributed by atoms with van der Waals surface area (Å²) in [5, 5.41) is 15.8. The molecule has 2 amide bonds. The molecular weight excluding hydrogens is 323 g/mol. The summed E-state index contributed by atoms with van der Waals surface area (Å²) >= 11 is 0. The number of rotatable bonds is 7. The fourth-order valence-corrected chi connectivity index (χ4v) is 2.32. The Bertz CT molecular complexity index is 702. The van der Waals surface area contributed by atoms with Gasteiger partial charge in [-0.25, -0.2) is 9.18 Å². The quantitative estimate of drug-likeness (QED) is 0.722. The Balaban J connectivity index is 1.84. The molecule has 0 aliphatic heterocycles. The second-order valence-electron chi connectivity index (χ2n) is 5.90. The second-order valence-corrected chi connectivity index (χ2v) is 5.90. The van der Waals surface area contributed by atoms with Crippen molar-refractivity contribution >= 4 is 6.03 Å². The van der Waals surface area contributed by atoms with E-state index in [9.17, 15) is 14.3 Å². The molecule has 25 heavy (non-hydrogen) atoms. The topological polar surface area (TPSA) is 70.6 Å². The molecule has 2 aromatic carbocycles. The molecule has 0 heterocycles. The summed E-state index contributed by atoms with van der Waals surface area (Å²) in [6, 6.07) is 12.6. The zero-order valence-corrected chi connectivity index (χ0v) is 14.4. The Morgan fingerprint density at radius 1 is 1.20 bits per heavy atom. The maximum atomic E-state index is 13.0. The summed E-state index contributed by atoms with van der Waals surface area (Å²) in [4.78, 5) is 11.9. The summed E-state index contributed by atoms with van der Waals surface area (Å²) in [5.74, 6) is 0.376. The van der Waals surface area contributed by atoms with Gasteiger partial charge in [-0.1, -0.05) is 24.3 Å². The first-order valence-corrected chi connectivity index (χ1v) is 8.12. The third kappa shape index (κ3) is 5.76. The standard InChI is InChI=1S/C19H23FN2O3/c1-3-25-17-6-4-5-14(11-17)12-21-18(23)22-13-19(2,24)15-7-9-16(20)10-8-15/h4-11,24H,3,12-13H2,1-2H3,(H2,21,22,23). The number of amides is 2. The van der Waals surface area contributed by atoms with Crippen LogP contribution in [0.25, 0.3) is 0 Å². The van der Waals surface area contributed by atoms with Crippen LogP contribution in [0.5, 0.6) is 5.75 Å². The van der Waals surface area contributed by atoms with Gasteiger partial charge in [0, 0.05) is 6.54 Å². The number of carbonyl (C=O) groups excluding carboxylic acids is 1. The van der Waals surface area contributed by atoms with Gasteiger partial charge in [-0.2, -0.15) is 0 Å². The van der Waals surface area contributed by atoms with Crippen LogP contribution in [0.4, 0.5) is 9.18 Å². The first kappa shape index (κ1) is 18.7. The fraction of sp³-hybridized carbons (Fsp3) is 0.316. The van der Waals surface area contributed by atoms with E-state index in [2.05, 4.69) is 10.6 Å². The van der Waals surface area contributed by atoms with Crippen LogP contribution in [-0.4, -0.2) is 24.3 Å². The van der Waals surface area contributed by atoms with Crippen molar-refractivity contribution in [3.63, 3.8) is 0 Å². The average Bonchev–Trinajstić information content (AvgIpc) is 2.59. The zero-order chi connectivity index (χ0) is 18.3.